The maximum Gasteiger partial charge on any atom is 0.150 e. The molecule has 0 fully saturated rings. The summed E-state index contributed by atoms with van der Waals surface area (Å²) < 4.78 is 28.0. The lowest BCUT2D eigenvalue weighted by Crippen LogP contribution is -2.14. The van der Waals surface area contributed by atoms with Gasteiger partial charge in [0.05, 0.1) is 12.9 Å². The van der Waals surface area contributed by atoms with E-state index < -0.39 is 9.84 Å². The van der Waals surface area contributed by atoms with Gasteiger partial charge in [0.2, 0.25) is 0 Å². The molecule has 0 spiro atoms. The Bertz CT molecular complexity index is 496. The number of aliphatic hydroxyl groups excluding tert-OH is 1. The van der Waals surface area contributed by atoms with Crippen molar-refractivity contribution < 1.29 is 18.3 Å². The number of aliphatic hydroxyl groups is 1. The van der Waals surface area contributed by atoms with Crippen LogP contribution in [-0.2, 0) is 16.3 Å². The largest absolute Gasteiger partial charge is 0.497 e. The summed E-state index contributed by atoms with van der Waals surface area (Å²) in [5.74, 6) is 1.28. The van der Waals surface area contributed by atoms with Crippen LogP contribution in [0.5, 0.6) is 5.75 Å². The van der Waals surface area contributed by atoms with Gasteiger partial charge in [-0.15, -0.1) is 0 Å². The average molecular weight is 300 g/mol. The summed E-state index contributed by atoms with van der Waals surface area (Å²) in [5, 5.41) is 9.42. The lowest BCUT2D eigenvalue weighted by Gasteiger charge is -2.14. The first-order valence-corrected chi connectivity index (χ1v) is 8.77. The first-order chi connectivity index (χ1) is 9.50. The van der Waals surface area contributed by atoms with Crippen molar-refractivity contribution in [1.29, 1.82) is 0 Å². The molecular weight excluding hydrogens is 276 g/mol. The first kappa shape index (κ1) is 17.0. The third-order valence-corrected chi connectivity index (χ3v) is 5.21. The minimum atomic E-state index is -2.91. The minimum Gasteiger partial charge on any atom is -0.497 e. The van der Waals surface area contributed by atoms with Crippen molar-refractivity contribution >= 4 is 9.84 Å². The van der Waals surface area contributed by atoms with E-state index in [-0.39, 0.29) is 24.0 Å². The molecule has 114 valence electrons. The molecule has 1 aromatic rings. The van der Waals surface area contributed by atoms with E-state index in [1.54, 1.807) is 14.0 Å². The van der Waals surface area contributed by atoms with Gasteiger partial charge in [-0.05, 0) is 42.9 Å². The molecule has 1 unspecified atom stereocenters. The lowest BCUT2D eigenvalue weighted by molar-refractivity contribution is 0.217. The molecule has 5 heteroatoms. The first-order valence-electron chi connectivity index (χ1n) is 6.95. The van der Waals surface area contributed by atoms with Gasteiger partial charge < -0.3 is 9.84 Å². The van der Waals surface area contributed by atoms with Crippen LogP contribution in [0.1, 0.15) is 25.3 Å². The Balaban J connectivity index is 2.50. The molecule has 4 nitrogen and oxygen atoms in total. The van der Waals surface area contributed by atoms with Crippen molar-refractivity contribution in [1.82, 2.24) is 0 Å². The Labute approximate surface area is 121 Å². The fourth-order valence-electron chi connectivity index (χ4n) is 2.13. The van der Waals surface area contributed by atoms with Crippen LogP contribution in [0.15, 0.2) is 24.3 Å². The molecule has 0 heterocycles. The van der Waals surface area contributed by atoms with E-state index in [1.807, 2.05) is 24.3 Å². The second-order valence-electron chi connectivity index (χ2n) is 4.98. The van der Waals surface area contributed by atoms with Crippen molar-refractivity contribution in [3.8, 4) is 5.75 Å². The van der Waals surface area contributed by atoms with Crippen LogP contribution in [0.3, 0.4) is 0 Å². The number of hydrogen-bond acceptors (Lipinski definition) is 4. The molecule has 0 saturated heterocycles. The van der Waals surface area contributed by atoms with Crippen molar-refractivity contribution in [3.05, 3.63) is 29.8 Å². The van der Waals surface area contributed by atoms with E-state index in [1.165, 1.54) is 0 Å². The molecule has 0 aliphatic heterocycles. The van der Waals surface area contributed by atoms with E-state index in [4.69, 9.17) is 4.74 Å². The second-order valence-corrected chi connectivity index (χ2v) is 7.46. The Kier molecular flexibility index (Phi) is 7.02. The van der Waals surface area contributed by atoms with Crippen LogP contribution in [0.4, 0.5) is 0 Å². The maximum atomic E-state index is 11.4. The zero-order chi connectivity index (χ0) is 15.0. The molecule has 20 heavy (non-hydrogen) atoms. The Hall–Kier alpha value is -1.07. The molecule has 0 radical (unpaired) electrons. The van der Waals surface area contributed by atoms with E-state index in [2.05, 4.69) is 0 Å². The number of methoxy groups -OCH3 is 1. The smallest absolute Gasteiger partial charge is 0.150 e. The summed E-state index contributed by atoms with van der Waals surface area (Å²) >= 11 is 0. The molecule has 1 aromatic carbocycles. The zero-order valence-electron chi connectivity index (χ0n) is 12.2. The van der Waals surface area contributed by atoms with Crippen LogP contribution in [0.2, 0.25) is 0 Å². The van der Waals surface area contributed by atoms with Crippen molar-refractivity contribution in [2.45, 2.75) is 26.2 Å². The highest BCUT2D eigenvalue weighted by Gasteiger charge is 2.12. The van der Waals surface area contributed by atoms with Gasteiger partial charge in [0, 0.05) is 12.4 Å². The van der Waals surface area contributed by atoms with Crippen molar-refractivity contribution in [2.24, 2.45) is 5.92 Å². The van der Waals surface area contributed by atoms with Gasteiger partial charge in [-0.25, -0.2) is 8.42 Å². The normalized spacial score (nSPS) is 13.2. The molecule has 1 rings (SSSR count). The summed E-state index contributed by atoms with van der Waals surface area (Å²) in [6.07, 6.45) is 2.05. The summed E-state index contributed by atoms with van der Waals surface area (Å²) in [7, 11) is -1.29. The van der Waals surface area contributed by atoms with E-state index in [0.29, 0.717) is 12.8 Å². The number of hydrogen-bond donors (Lipinski definition) is 1. The quantitative estimate of drug-likeness (QED) is 0.758. The fourth-order valence-corrected chi connectivity index (χ4v) is 3.02. The topological polar surface area (TPSA) is 63.6 Å². The summed E-state index contributed by atoms with van der Waals surface area (Å²) in [6.45, 7) is 1.73. The van der Waals surface area contributed by atoms with Crippen LogP contribution in [-0.4, -0.2) is 38.7 Å². The van der Waals surface area contributed by atoms with Gasteiger partial charge in [0.15, 0.2) is 0 Å². The van der Waals surface area contributed by atoms with Gasteiger partial charge in [0.1, 0.15) is 15.6 Å². The zero-order valence-corrected chi connectivity index (χ0v) is 13.0. The third-order valence-electron chi connectivity index (χ3n) is 3.42. The molecule has 0 aliphatic carbocycles. The van der Waals surface area contributed by atoms with Crippen LogP contribution < -0.4 is 4.74 Å². The minimum absolute atomic E-state index is 0.0728. The number of sulfone groups is 1. The van der Waals surface area contributed by atoms with Gasteiger partial charge in [-0.2, -0.15) is 0 Å². The molecule has 0 saturated carbocycles. The van der Waals surface area contributed by atoms with Crippen molar-refractivity contribution in [3.63, 3.8) is 0 Å². The lowest BCUT2D eigenvalue weighted by atomic mass is 9.96. The fraction of sp³-hybridized carbons (Fsp3) is 0.600. The Morgan fingerprint density at radius 3 is 2.70 bits per heavy atom. The van der Waals surface area contributed by atoms with Gasteiger partial charge in [0.25, 0.3) is 0 Å². The van der Waals surface area contributed by atoms with Gasteiger partial charge in [-0.3, -0.25) is 0 Å². The average Bonchev–Trinajstić information content (AvgIpc) is 2.46. The number of ether oxygens (including phenoxy) is 1. The van der Waals surface area contributed by atoms with Crippen LogP contribution >= 0.6 is 0 Å². The molecule has 0 amide bonds. The van der Waals surface area contributed by atoms with Crippen LogP contribution in [0.25, 0.3) is 0 Å². The Morgan fingerprint density at radius 1 is 1.35 bits per heavy atom. The molecule has 0 aromatic heterocycles. The second kappa shape index (κ2) is 8.27. The molecule has 1 atom stereocenters. The molecule has 0 aliphatic rings. The number of rotatable bonds is 9. The summed E-state index contributed by atoms with van der Waals surface area (Å²) in [4.78, 5) is 0. The monoisotopic (exact) mass is 300 g/mol. The van der Waals surface area contributed by atoms with Gasteiger partial charge in [-0.1, -0.05) is 19.1 Å². The molecule has 0 bridgehead atoms. The maximum absolute atomic E-state index is 11.4. The molecule has 1 N–H and O–H groups in total. The van der Waals surface area contributed by atoms with Crippen molar-refractivity contribution in [2.75, 3.05) is 25.2 Å². The van der Waals surface area contributed by atoms with Gasteiger partial charge >= 0.3 is 0 Å². The third kappa shape index (κ3) is 5.92. The summed E-state index contributed by atoms with van der Waals surface area (Å²) in [5.41, 5.74) is 1.10. The van der Waals surface area contributed by atoms with E-state index in [0.717, 1.165) is 17.7 Å². The summed E-state index contributed by atoms with van der Waals surface area (Å²) in [6, 6.07) is 7.74. The SMILES string of the molecule is CCS(=O)(=O)CCCC(CO)Cc1cccc(OC)c1. The standard InChI is InChI=1S/C15H24O4S/c1-3-20(17,18)9-5-7-14(12-16)10-13-6-4-8-15(11-13)19-2/h4,6,8,11,14,16H,3,5,7,9-10,12H2,1-2H3. The predicted octanol–water partition coefficient (Wildman–Crippen LogP) is 2.06. The highest BCUT2D eigenvalue weighted by atomic mass is 32.2. The highest BCUT2D eigenvalue weighted by molar-refractivity contribution is 7.91. The highest BCUT2D eigenvalue weighted by Crippen LogP contribution is 2.18. The Morgan fingerprint density at radius 2 is 2.10 bits per heavy atom. The molecular formula is C15H24O4S. The van der Waals surface area contributed by atoms with E-state index >= 15 is 0 Å². The van der Waals surface area contributed by atoms with Crippen LogP contribution in [0, 0.1) is 5.92 Å². The van der Waals surface area contributed by atoms with E-state index in [9.17, 15) is 13.5 Å². The predicted molar refractivity (Wildman–Crippen MR) is 80.8 cm³/mol. The number of benzene rings is 1.